The molecule has 0 aliphatic rings. The predicted octanol–water partition coefficient (Wildman–Crippen LogP) is 25.7. The van der Waals surface area contributed by atoms with E-state index in [1.807, 2.05) is 6.08 Å². The van der Waals surface area contributed by atoms with E-state index in [9.17, 15) is 19.8 Å². The molecule has 0 aliphatic heterocycles. The molecule has 0 aromatic heterocycles. The van der Waals surface area contributed by atoms with Crippen molar-refractivity contribution in [2.24, 2.45) is 0 Å². The van der Waals surface area contributed by atoms with Crippen LogP contribution < -0.4 is 5.32 Å². The van der Waals surface area contributed by atoms with E-state index in [4.69, 9.17) is 4.74 Å². The minimum atomic E-state index is -0.848. The minimum absolute atomic E-state index is 0.0190. The second-order valence-corrected chi connectivity index (χ2v) is 27.0. The second kappa shape index (κ2) is 74.8. The van der Waals surface area contributed by atoms with Crippen molar-refractivity contribution in [3.05, 3.63) is 24.3 Å². The highest BCUT2D eigenvalue weighted by Crippen LogP contribution is 2.20. The standard InChI is InChI=1S/C79H153NO5/c1-3-5-7-9-11-13-15-17-19-21-23-24-25-29-32-36-39-43-47-51-55-59-63-67-71-77(82)76(75-81)80-78(83)72-68-64-60-56-52-48-44-40-37-33-30-27-26-28-31-34-38-42-46-50-54-58-62-66-70-74-85-79(84)73-69-65-61-57-53-49-45-41-35-22-20-18-16-14-12-10-8-6-4-2/h27,30,67,71,76-77,81-82H,3-26,28-29,31-66,68-70,72-75H2,1-2H3,(H,80,83)/b30-27-,71-67+. The summed E-state index contributed by atoms with van der Waals surface area (Å²) < 4.78 is 5.52. The molecule has 6 heteroatoms. The third-order valence-corrected chi connectivity index (χ3v) is 18.5. The molecule has 0 rings (SSSR count). The number of aliphatic hydroxyl groups excluding tert-OH is 2. The Morgan fingerprint density at radius 3 is 0.835 bits per heavy atom. The van der Waals surface area contributed by atoms with Crippen LogP contribution in [0, 0.1) is 0 Å². The monoisotopic (exact) mass is 1200 g/mol. The zero-order valence-corrected chi connectivity index (χ0v) is 57.9. The van der Waals surface area contributed by atoms with Gasteiger partial charge in [-0.3, -0.25) is 9.59 Å². The van der Waals surface area contributed by atoms with Crippen molar-refractivity contribution >= 4 is 11.9 Å². The molecule has 2 unspecified atom stereocenters. The normalized spacial score (nSPS) is 12.6. The maximum absolute atomic E-state index is 12.5. The van der Waals surface area contributed by atoms with Crippen LogP contribution in [-0.4, -0.2) is 47.4 Å². The molecule has 0 saturated heterocycles. The zero-order valence-electron chi connectivity index (χ0n) is 57.9. The Kier molecular flexibility index (Phi) is 73.3. The summed E-state index contributed by atoms with van der Waals surface area (Å²) in [5.74, 6) is -0.0470. The summed E-state index contributed by atoms with van der Waals surface area (Å²) in [7, 11) is 0. The van der Waals surface area contributed by atoms with Crippen LogP contribution in [0.1, 0.15) is 444 Å². The highest BCUT2D eigenvalue weighted by atomic mass is 16.5. The Labute approximate surface area is 532 Å². The number of hydrogen-bond acceptors (Lipinski definition) is 5. The molecule has 6 nitrogen and oxygen atoms in total. The summed E-state index contributed by atoms with van der Waals surface area (Å²) in [6.07, 6.45) is 95.7. The summed E-state index contributed by atoms with van der Waals surface area (Å²) in [4.78, 5) is 24.7. The summed E-state index contributed by atoms with van der Waals surface area (Å²) in [6.45, 7) is 4.96. The number of esters is 1. The molecule has 0 bridgehead atoms. The largest absolute Gasteiger partial charge is 0.466 e. The lowest BCUT2D eigenvalue weighted by Gasteiger charge is -2.20. The van der Waals surface area contributed by atoms with Gasteiger partial charge in [-0.25, -0.2) is 0 Å². The third-order valence-electron chi connectivity index (χ3n) is 18.5. The Balaban J connectivity index is 3.40. The van der Waals surface area contributed by atoms with Crippen molar-refractivity contribution in [1.29, 1.82) is 0 Å². The van der Waals surface area contributed by atoms with Gasteiger partial charge in [0.25, 0.3) is 0 Å². The van der Waals surface area contributed by atoms with Gasteiger partial charge >= 0.3 is 5.97 Å². The van der Waals surface area contributed by atoms with Gasteiger partial charge in [-0.15, -0.1) is 0 Å². The van der Waals surface area contributed by atoms with E-state index >= 15 is 0 Å². The van der Waals surface area contributed by atoms with E-state index < -0.39 is 12.1 Å². The smallest absolute Gasteiger partial charge is 0.305 e. The van der Waals surface area contributed by atoms with E-state index in [0.717, 1.165) is 38.5 Å². The average molecular weight is 1200 g/mol. The molecule has 0 fully saturated rings. The van der Waals surface area contributed by atoms with Crippen LogP contribution in [0.3, 0.4) is 0 Å². The highest BCUT2D eigenvalue weighted by molar-refractivity contribution is 5.76. The molecular formula is C79H153NO5. The molecule has 3 N–H and O–H groups in total. The van der Waals surface area contributed by atoms with Gasteiger partial charge in [0.2, 0.25) is 5.91 Å². The number of unbranched alkanes of at least 4 members (excludes halogenated alkanes) is 61. The molecule has 0 radical (unpaired) electrons. The van der Waals surface area contributed by atoms with Crippen molar-refractivity contribution in [3.63, 3.8) is 0 Å². The Hall–Kier alpha value is -1.66. The van der Waals surface area contributed by atoms with Crippen LogP contribution in [0.2, 0.25) is 0 Å². The molecule has 504 valence electrons. The Morgan fingerprint density at radius 1 is 0.318 bits per heavy atom. The maximum Gasteiger partial charge on any atom is 0.305 e. The number of rotatable bonds is 74. The maximum atomic E-state index is 12.5. The fourth-order valence-electron chi connectivity index (χ4n) is 12.5. The summed E-state index contributed by atoms with van der Waals surface area (Å²) in [5.41, 5.74) is 0. The summed E-state index contributed by atoms with van der Waals surface area (Å²) in [5, 5.41) is 23.3. The van der Waals surface area contributed by atoms with Gasteiger partial charge in [0.15, 0.2) is 0 Å². The van der Waals surface area contributed by atoms with Gasteiger partial charge in [-0.1, -0.05) is 398 Å². The van der Waals surface area contributed by atoms with Crippen LogP contribution in [0.4, 0.5) is 0 Å². The number of hydrogen-bond donors (Lipinski definition) is 3. The molecule has 0 aromatic carbocycles. The number of carbonyl (C=O) groups excluding carboxylic acids is 2. The molecule has 85 heavy (non-hydrogen) atoms. The summed E-state index contributed by atoms with van der Waals surface area (Å²) >= 11 is 0. The Morgan fingerprint density at radius 2 is 0.553 bits per heavy atom. The summed E-state index contributed by atoms with van der Waals surface area (Å²) in [6, 6.07) is -0.632. The van der Waals surface area contributed by atoms with E-state index in [2.05, 4.69) is 31.3 Å². The first-order valence-corrected chi connectivity index (χ1v) is 39.1. The van der Waals surface area contributed by atoms with Crippen molar-refractivity contribution in [3.8, 4) is 0 Å². The number of aliphatic hydroxyl groups is 2. The second-order valence-electron chi connectivity index (χ2n) is 27.0. The molecule has 0 spiro atoms. The molecule has 1 amide bonds. The highest BCUT2D eigenvalue weighted by Gasteiger charge is 2.18. The van der Waals surface area contributed by atoms with Gasteiger partial charge in [-0.2, -0.15) is 0 Å². The molecule has 0 aromatic rings. The first-order valence-electron chi connectivity index (χ1n) is 39.1. The molecule has 0 heterocycles. The SMILES string of the molecule is CCCCCCCCCCCCCCCCCCCCCCCC/C=C/C(O)C(CO)NC(=O)CCCCCCCCCCC/C=C\CCCCCCCCCCCCCCOC(=O)CCCCCCCCCCCCCCCCCCCCC. The van der Waals surface area contributed by atoms with Gasteiger partial charge in [0.1, 0.15) is 0 Å². The average Bonchev–Trinajstić information content (AvgIpc) is 3.51. The van der Waals surface area contributed by atoms with Crippen LogP contribution in [0.5, 0.6) is 0 Å². The third kappa shape index (κ3) is 71.3. The van der Waals surface area contributed by atoms with Gasteiger partial charge in [0.05, 0.1) is 25.4 Å². The predicted molar refractivity (Wildman–Crippen MR) is 375 cm³/mol. The quantitative estimate of drug-likeness (QED) is 0.0320. The molecular weight excluding hydrogens is 1040 g/mol. The fraction of sp³-hybridized carbons (Fsp3) is 0.924. The van der Waals surface area contributed by atoms with Crippen molar-refractivity contribution in [1.82, 2.24) is 5.32 Å². The van der Waals surface area contributed by atoms with Gasteiger partial charge in [-0.05, 0) is 57.8 Å². The van der Waals surface area contributed by atoms with Crippen molar-refractivity contribution in [2.75, 3.05) is 13.2 Å². The Bertz CT molecular complexity index is 1330. The van der Waals surface area contributed by atoms with Crippen LogP contribution in [0.25, 0.3) is 0 Å². The first kappa shape index (κ1) is 83.3. The molecule has 2 atom stereocenters. The van der Waals surface area contributed by atoms with Crippen LogP contribution in [0.15, 0.2) is 24.3 Å². The zero-order chi connectivity index (χ0) is 61.3. The lowest BCUT2D eigenvalue weighted by molar-refractivity contribution is -0.143. The van der Waals surface area contributed by atoms with E-state index in [-0.39, 0.29) is 18.5 Å². The van der Waals surface area contributed by atoms with Gasteiger partial charge < -0.3 is 20.3 Å². The number of carbonyl (C=O) groups is 2. The van der Waals surface area contributed by atoms with Crippen LogP contribution >= 0.6 is 0 Å². The number of amides is 1. The van der Waals surface area contributed by atoms with Crippen molar-refractivity contribution < 1.29 is 24.5 Å². The lowest BCUT2D eigenvalue weighted by atomic mass is 10.0. The van der Waals surface area contributed by atoms with Crippen molar-refractivity contribution in [2.45, 2.75) is 456 Å². The van der Waals surface area contributed by atoms with Crippen LogP contribution in [-0.2, 0) is 14.3 Å². The number of allylic oxidation sites excluding steroid dienone is 3. The lowest BCUT2D eigenvalue weighted by Crippen LogP contribution is -2.45. The van der Waals surface area contributed by atoms with E-state index in [1.165, 1.54) is 379 Å². The number of ether oxygens (including phenoxy) is 1. The first-order chi connectivity index (χ1) is 42.0. The molecule has 0 aliphatic carbocycles. The molecule has 0 saturated carbocycles. The minimum Gasteiger partial charge on any atom is -0.466 e. The van der Waals surface area contributed by atoms with Gasteiger partial charge in [0, 0.05) is 12.8 Å². The number of nitrogens with one attached hydrogen (secondary N) is 1. The topological polar surface area (TPSA) is 95.9 Å². The fourth-order valence-corrected chi connectivity index (χ4v) is 12.5. The van der Waals surface area contributed by atoms with E-state index in [1.54, 1.807) is 6.08 Å². The van der Waals surface area contributed by atoms with E-state index in [0.29, 0.717) is 19.4 Å².